The average Bonchev–Trinajstić information content (AvgIpc) is 2.97. The Kier molecular flexibility index (Phi) is 6.40. The Bertz CT molecular complexity index is 468. The maximum atomic E-state index is 12.0. The number of aliphatic hydroxyl groups excluding tert-OH is 1. The first-order valence-corrected chi connectivity index (χ1v) is 8.40. The first-order valence-electron chi connectivity index (χ1n) is 8.40. The second kappa shape index (κ2) is 8.30. The van der Waals surface area contributed by atoms with Gasteiger partial charge in [0.2, 0.25) is 5.91 Å². The second-order valence-corrected chi connectivity index (χ2v) is 6.10. The standard InChI is InChI=1S/C18H28N2O2/c1-3-20(4-2)13-15-10-8-14(9-11-15)12-19-18(22)16-6-5-7-17(16)21/h8-11,16-17,21H,3-7,12-13H2,1-2H3,(H,19,22). The number of benzene rings is 1. The van der Waals surface area contributed by atoms with Gasteiger partial charge in [-0.15, -0.1) is 0 Å². The van der Waals surface area contributed by atoms with E-state index in [-0.39, 0.29) is 11.8 Å². The zero-order chi connectivity index (χ0) is 15.9. The van der Waals surface area contributed by atoms with Crippen molar-refractivity contribution in [2.45, 2.75) is 52.3 Å². The zero-order valence-corrected chi connectivity index (χ0v) is 13.7. The number of rotatable bonds is 7. The number of hydrogen-bond donors (Lipinski definition) is 2. The normalized spacial score (nSPS) is 21.3. The Morgan fingerprint density at radius 1 is 1.18 bits per heavy atom. The minimum atomic E-state index is -0.462. The van der Waals surface area contributed by atoms with Crippen LogP contribution in [-0.4, -0.2) is 35.1 Å². The Morgan fingerprint density at radius 3 is 2.36 bits per heavy atom. The highest BCUT2D eigenvalue weighted by Crippen LogP contribution is 2.25. The molecule has 0 radical (unpaired) electrons. The highest BCUT2D eigenvalue weighted by molar-refractivity contribution is 5.79. The van der Waals surface area contributed by atoms with Crippen LogP contribution < -0.4 is 5.32 Å². The van der Waals surface area contributed by atoms with Gasteiger partial charge in [0.25, 0.3) is 0 Å². The van der Waals surface area contributed by atoms with Crippen molar-refractivity contribution in [2.75, 3.05) is 13.1 Å². The number of hydrogen-bond acceptors (Lipinski definition) is 3. The fourth-order valence-electron chi connectivity index (χ4n) is 3.03. The summed E-state index contributed by atoms with van der Waals surface area (Å²) in [5.74, 6) is -0.237. The summed E-state index contributed by atoms with van der Waals surface area (Å²) in [5.41, 5.74) is 2.40. The number of amides is 1. The predicted octanol–water partition coefficient (Wildman–Crippen LogP) is 2.31. The molecule has 0 bridgehead atoms. The van der Waals surface area contributed by atoms with E-state index in [1.54, 1.807) is 0 Å². The first kappa shape index (κ1) is 17.0. The zero-order valence-electron chi connectivity index (χ0n) is 13.7. The number of carbonyl (C=O) groups is 1. The van der Waals surface area contributed by atoms with Crippen LogP contribution in [0.15, 0.2) is 24.3 Å². The van der Waals surface area contributed by atoms with Gasteiger partial charge in [-0.1, -0.05) is 38.1 Å². The molecule has 1 fully saturated rings. The minimum Gasteiger partial charge on any atom is -0.392 e. The monoisotopic (exact) mass is 304 g/mol. The largest absolute Gasteiger partial charge is 0.392 e. The minimum absolute atomic E-state index is 0.0165. The predicted molar refractivity (Wildman–Crippen MR) is 88.3 cm³/mol. The SMILES string of the molecule is CCN(CC)Cc1ccc(CNC(=O)C2CCCC2O)cc1. The molecule has 4 nitrogen and oxygen atoms in total. The molecule has 1 aliphatic rings. The maximum Gasteiger partial charge on any atom is 0.225 e. The van der Waals surface area contributed by atoms with Gasteiger partial charge in [0, 0.05) is 13.1 Å². The number of carbonyl (C=O) groups excluding carboxylic acids is 1. The third kappa shape index (κ3) is 4.55. The maximum absolute atomic E-state index is 12.0. The van der Waals surface area contributed by atoms with E-state index in [0.717, 1.165) is 44.5 Å². The number of aliphatic hydroxyl groups is 1. The van der Waals surface area contributed by atoms with Gasteiger partial charge in [-0.3, -0.25) is 9.69 Å². The van der Waals surface area contributed by atoms with Gasteiger partial charge in [-0.05, 0) is 43.5 Å². The van der Waals surface area contributed by atoms with E-state index >= 15 is 0 Å². The van der Waals surface area contributed by atoms with Crippen molar-refractivity contribution < 1.29 is 9.90 Å². The van der Waals surface area contributed by atoms with Crippen molar-refractivity contribution >= 4 is 5.91 Å². The summed E-state index contributed by atoms with van der Waals surface area (Å²) in [6.45, 7) is 7.95. The smallest absolute Gasteiger partial charge is 0.225 e. The molecule has 4 heteroatoms. The van der Waals surface area contributed by atoms with Crippen LogP contribution >= 0.6 is 0 Å². The molecule has 0 saturated heterocycles. The summed E-state index contributed by atoms with van der Waals surface area (Å²) in [5, 5.41) is 12.7. The summed E-state index contributed by atoms with van der Waals surface area (Å²) < 4.78 is 0. The molecular formula is C18H28N2O2. The molecule has 0 heterocycles. The molecule has 2 atom stereocenters. The lowest BCUT2D eigenvalue weighted by atomic mass is 10.0. The third-order valence-corrected chi connectivity index (χ3v) is 4.61. The van der Waals surface area contributed by atoms with Crippen LogP contribution in [-0.2, 0) is 17.9 Å². The lowest BCUT2D eigenvalue weighted by Gasteiger charge is -2.18. The van der Waals surface area contributed by atoms with Crippen molar-refractivity contribution in [3.05, 3.63) is 35.4 Å². The molecule has 1 aliphatic carbocycles. The fraction of sp³-hybridized carbons (Fsp3) is 0.611. The van der Waals surface area contributed by atoms with Crippen molar-refractivity contribution in [3.8, 4) is 0 Å². The van der Waals surface area contributed by atoms with Gasteiger partial charge in [-0.2, -0.15) is 0 Å². The van der Waals surface area contributed by atoms with Crippen molar-refractivity contribution in [1.82, 2.24) is 10.2 Å². The van der Waals surface area contributed by atoms with E-state index in [4.69, 9.17) is 0 Å². The second-order valence-electron chi connectivity index (χ2n) is 6.10. The third-order valence-electron chi connectivity index (χ3n) is 4.61. The van der Waals surface area contributed by atoms with Gasteiger partial charge in [0.15, 0.2) is 0 Å². The van der Waals surface area contributed by atoms with Gasteiger partial charge < -0.3 is 10.4 Å². The summed E-state index contributed by atoms with van der Waals surface area (Å²) in [4.78, 5) is 14.4. The molecule has 0 spiro atoms. The Balaban J connectivity index is 1.82. The van der Waals surface area contributed by atoms with Gasteiger partial charge in [0.1, 0.15) is 0 Å². The van der Waals surface area contributed by atoms with Crippen LogP contribution in [0.4, 0.5) is 0 Å². The first-order chi connectivity index (χ1) is 10.6. The van der Waals surface area contributed by atoms with E-state index < -0.39 is 6.10 Å². The van der Waals surface area contributed by atoms with Crippen LogP contribution in [0, 0.1) is 5.92 Å². The Hall–Kier alpha value is -1.39. The van der Waals surface area contributed by atoms with Gasteiger partial charge in [0.05, 0.1) is 12.0 Å². The quantitative estimate of drug-likeness (QED) is 0.813. The van der Waals surface area contributed by atoms with Crippen LogP contribution in [0.2, 0.25) is 0 Å². The van der Waals surface area contributed by atoms with E-state index in [9.17, 15) is 9.90 Å². The van der Waals surface area contributed by atoms with Crippen LogP contribution in [0.3, 0.4) is 0 Å². The van der Waals surface area contributed by atoms with Crippen molar-refractivity contribution in [1.29, 1.82) is 0 Å². The van der Waals surface area contributed by atoms with Crippen molar-refractivity contribution in [2.24, 2.45) is 5.92 Å². The molecule has 2 unspecified atom stereocenters. The van der Waals surface area contributed by atoms with E-state index in [0.29, 0.717) is 6.54 Å². The Morgan fingerprint density at radius 2 is 1.82 bits per heavy atom. The van der Waals surface area contributed by atoms with E-state index in [1.807, 2.05) is 0 Å². The fourth-order valence-corrected chi connectivity index (χ4v) is 3.03. The van der Waals surface area contributed by atoms with Crippen LogP contribution in [0.25, 0.3) is 0 Å². The van der Waals surface area contributed by atoms with E-state index in [2.05, 4.69) is 48.3 Å². The molecule has 0 aliphatic heterocycles. The molecule has 0 aromatic heterocycles. The molecule has 2 rings (SSSR count). The molecule has 122 valence electrons. The van der Waals surface area contributed by atoms with Gasteiger partial charge >= 0.3 is 0 Å². The molecule has 1 aromatic rings. The highest BCUT2D eigenvalue weighted by Gasteiger charge is 2.31. The molecule has 1 saturated carbocycles. The number of nitrogens with zero attached hydrogens (tertiary/aromatic N) is 1. The Labute approximate surface area is 133 Å². The summed E-state index contributed by atoms with van der Waals surface area (Å²) in [6.07, 6.45) is 2.03. The summed E-state index contributed by atoms with van der Waals surface area (Å²) in [7, 11) is 0. The van der Waals surface area contributed by atoms with Crippen LogP contribution in [0.5, 0.6) is 0 Å². The van der Waals surface area contributed by atoms with Gasteiger partial charge in [-0.25, -0.2) is 0 Å². The summed E-state index contributed by atoms with van der Waals surface area (Å²) >= 11 is 0. The molecule has 22 heavy (non-hydrogen) atoms. The van der Waals surface area contributed by atoms with Crippen LogP contribution in [0.1, 0.15) is 44.2 Å². The summed E-state index contributed by atoms with van der Waals surface area (Å²) in [6, 6.07) is 8.41. The highest BCUT2D eigenvalue weighted by atomic mass is 16.3. The molecule has 1 aromatic carbocycles. The topological polar surface area (TPSA) is 52.6 Å². The molecule has 2 N–H and O–H groups in total. The lowest BCUT2D eigenvalue weighted by molar-refractivity contribution is -0.127. The lowest BCUT2D eigenvalue weighted by Crippen LogP contribution is -2.34. The van der Waals surface area contributed by atoms with Crippen molar-refractivity contribution in [3.63, 3.8) is 0 Å². The number of nitrogens with one attached hydrogen (secondary N) is 1. The molecule has 1 amide bonds. The molecular weight excluding hydrogens is 276 g/mol. The average molecular weight is 304 g/mol. The van der Waals surface area contributed by atoms with E-state index in [1.165, 1.54) is 5.56 Å².